The largest absolute Gasteiger partial charge is 0.468 e. The average molecular weight is 174 g/mol. The van der Waals surface area contributed by atoms with E-state index in [0.717, 1.165) is 6.42 Å². The summed E-state index contributed by atoms with van der Waals surface area (Å²) in [6.45, 7) is 0.286. The first kappa shape index (κ1) is 11.0. The number of ether oxygens (including phenoxy) is 1. The van der Waals surface area contributed by atoms with Crippen LogP contribution in [0.25, 0.3) is 0 Å². The first-order valence-corrected chi connectivity index (χ1v) is 3.85. The van der Waals surface area contributed by atoms with Crippen LogP contribution in [0, 0.1) is 4.91 Å². The molecule has 12 heavy (non-hydrogen) atoms. The lowest BCUT2D eigenvalue weighted by molar-refractivity contribution is -0.142. The van der Waals surface area contributed by atoms with Crippen molar-refractivity contribution in [1.82, 2.24) is 0 Å². The molecule has 0 aromatic rings. The molecule has 0 spiro atoms. The molecule has 0 heterocycles. The molecule has 0 aliphatic carbocycles. The minimum absolute atomic E-state index is 0.286. The van der Waals surface area contributed by atoms with Crippen LogP contribution >= 0.6 is 0 Å². The fraction of sp³-hybridized carbons (Fsp3) is 0.857. The van der Waals surface area contributed by atoms with Crippen LogP contribution in [0.2, 0.25) is 0 Å². The molecule has 0 saturated heterocycles. The number of nitrogens with two attached hydrogens (primary N) is 1. The van der Waals surface area contributed by atoms with E-state index in [1.807, 2.05) is 0 Å². The average Bonchev–Trinajstić information content (AvgIpc) is 2.10. The number of hydrogen-bond acceptors (Lipinski definition) is 5. The number of carbonyl (C=O) groups excluding carboxylic acids is 1. The van der Waals surface area contributed by atoms with Gasteiger partial charge in [0, 0.05) is 0 Å². The summed E-state index contributed by atoms with van der Waals surface area (Å²) < 4.78 is 4.42. The molecule has 70 valence electrons. The highest BCUT2D eigenvalue weighted by Crippen LogP contribution is 2.00. The molecule has 0 aromatic carbocycles. The highest BCUT2D eigenvalue weighted by molar-refractivity contribution is 5.75. The van der Waals surface area contributed by atoms with Crippen molar-refractivity contribution < 1.29 is 9.53 Å². The van der Waals surface area contributed by atoms with Crippen LogP contribution in [0.3, 0.4) is 0 Å². The van der Waals surface area contributed by atoms with Crippen molar-refractivity contribution >= 4 is 5.97 Å². The van der Waals surface area contributed by atoms with Gasteiger partial charge in [-0.1, -0.05) is 5.18 Å². The maximum absolute atomic E-state index is 10.7. The number of methoxy groups -OCH3 is 1. The molecule has 5 heteroatoms. The molecule has 2 N–H and O–H groups in total. The molecule has 0 rings (SSSR count). The number of esters is 1. The Labute approximate surface area is 71.2 Å². The zero-order valence-corrected chi connectivity index (χ0v) is 7.16. The van der Waals surface area contributed by atoms with Crippen molar-refractivity contribution in [2.24, 2.45) is 10.9 Å². The first-order chi connectivity index (χ1) is 5.72. The van der Waals surface area contributed by atoms with Gasteiger partial charge in [0.1, 0.15) is 6.04 Å². The number of unbranched alkanes of at least 4 members (excludes halogenated alkanes) is 1. The van der Waals surface area contributed by atoms with Crippen LogP contribution in [-0.2, 0) is 9.53 Å². The third-order valence-electron chi connectivity index (χ3n) is 1.52. The molecule has 0 aliphatic heterocycles. The number of hydrogen-bond donors (Lipinski definition) is 1. The molecule has 0 bridgehead atoms. The summed E-state index contributed by atoms with van der Waals surface area (Å²) in [5, 5.41) is 2.69. The van der Waals surface area contributed by atoms with E-state index < -0.39 is 12.0 Å². The number of rotatable bonds is 6. The highest BCUT2D eigenvalue weighted by Gasteiger charge is 2.12. The smallest absolute Gasteiger partial charge is 0.322 e. The second-order valence-corrected chi connectivity index (χ2v) is 2.48. The highest BCUT2D eigenvalue weighted by atomic mass is 16.5. The lowest BCUT2D eigenvalue weighted by Crippen LogP contribution is -2.31. The number of nitroso groups, excluding NO2 is 1. The zero-order valence-electron chi connectivity index (χ0n) is 7.16. The Morgan fingerprint density at radius 2 is 2.25 bits per heavy atom. The normalized spacial score (nSPS) is 12.2. The summed E-state index contributed by atoms with van der Waals surface area (Å²) in [7, 11) is 1.30. The third kappa shape index (κ3) is 4.79. The molecule has 0 fully saturated rings. The molecule has 0 amide bonds. The standard InChI is InChI=1S/C7H14N2O3/c1-12-7(10)6(8)4-2-3-5-9-11/h6H,2-5,8H2,1H3. The zero-order chi connectivity index (χ0) is 9.40. The summed E-state index contributed by atoms with van der Waals surface area (Å²) >= 11 is 0. The van der Waals surface area contributed by atoms with Gasteiger partial charge in [0.15, 0.2) is 0 Å². The minimum Gasteiger partial charge on any atom is -0.468 e. The van der Waals surface area contributed by atoms with Crippen molar-refractivity contribution in [3.63, 3.8) is 0 Å². The SMILES string of the molecule is COC(=O)C(N)CCCCN=O. The van der Waals surface area contributed by atoms with Gasteiger partial charge in [0.2, 0.25) is 0 Å². The van der Waals surface area contributed by atoms with Gasteiger partial charge >= 0.3 is 5.97 Å². The second-order valence-electron chi connectivity index (χ2n) is 2.48. The molecule has 0 aromatic heterocycles. The summed E-state index contributed by atoms with van der Waals surface area (Å²) in [5.74, 6) is -0.408. The van der Waals surface area contributed by atoms with Crippen molar-refractivity contribution in [3.05, 3.63) is 4.91 Å². The van der Waals surface area contributed by atoms with Crippen LogP contribution < -0.4 is 5.73 Å². The van der Waals surface area contributed by atoms with Crippen LogP contribution in [-0.4, -0.2) is 25.7 Å². The lowest BCUT2D eigenvalue weighted by atomic mass is 10.1. The summed E-state index contributed by atoms with van der Waals surface area (Å²) in [5.41, 5.74) is 5.43. The van der Waals surface area contributed by atoms with Crippen LogP contribution in [0.5, 0.6) is 0 Å². The third-order valence-corrected chi connectivity index (χ3v) is 1.52. The molecular weight excluding hydrogens is 160 g/mol. The van der Waals surface area contributed by atoms with Crippen LogP contribution in [0.1, 0.15) is 19.3 Å². The van der Waals surface area contributed by atoms with Crippen molar-refractivity contribution in [1.29, 1.82) is 0 Å². The van der Waals surface area contributed by atoms with E-state index in [1.165, 1.54) is 7.11 Å². The molecule has 1 unspecified atom stereocenters. The Morgan fingerprint density at radius 3 is 2.75 bits per heavy atom. The summed E-state index contributed by atoms with van der Waals surface area (Å²) in [4.78, 5) is 20.4. The molecular formula is C7H14N2O3. The maximum Gasteiger partial charge on any atom is 0.322 e. The van der Waals surface area contributed by atoms with Gasteiger partial charge in [0.05, 0.1) is 13.7 Å². The quantitative estimate of drug-likeness (QED) is 0.359. The van der Waals surface area contributed by atoms with Crippen LogP contribution in [0.15, 0.2) is 5.18 Å². The van der Waals surface area contributed by atoms with E-state index in [2.05, 4.69) is 9.91 Å². The van der Waals surface area contributed by atoms with E-state index in [4.69, 9.17) is 5.73 Å². The van der Waals surface area contributed by atoms with E-state index >= 15 is 0 Å². The Kier molecular flexibility index (Phi) is 6.18. The van der Waals surface area contributed by atoms with Gasteiger partial charge in [-0.2, -0.15) is 4.91 Å². The van der Waals surface area contributed by atoms with Gasteiger partial charge in [-0.3, -0.25) is 4.79 Å². The predicted octanol–water partition coefficient (Wildman–Crippen LogP) is 0.423. The van der Waals surface area contributed by atoms with E-state index in [-0.39, 0.29) is 6.54 Å². The Balaban J connectivity index is 3.36. The second kappa shape index (κ2) is 6.72. The van der Waals surface area contributed by atoms with E-state index in [1.54, 1.807) is 0 Å². The molecule has 0 aliphatic rings. The fourth-order valence-electron chi connectivity index (χ4n) is 0.810. The first-order valence-electron chi connectivity index (χ1n) is 3.85. The van der Waals surface area contributed by atoms with Gasteiger partial charge in [-0.25, -0.2) is 0 Å². The van der Waals surface area contributed by atoms with Gasteiger partial charge in [-0.15, -0.1) is 0 Å². The Bertz CT molecular complexity index is 150. The summed E-state index contributed by atoms with van der Waals surface area (Å²) in [6, 6.07) is -0.568. The predicted molar refractivity (Wildman–Crippen MR) is 44.5 cm³/mol. The molecule has 0 saturated carbocycles. The van der Waals surface area contributed by atoms with Crippen molar-refractivity contribution in [3.8, 4) is 0 Å². The number of carbonyl (C=O) groups is 1. The van der Waals surface area contributed by atoms with Gasteiger partial charge < -0.3 is 10.5 Å². The topological polar surface area (TPSA) is 81.8 Å². The van der Waals surface area contributed by atoms with Crippen molar-refractivity contribution in [2.75, 3.05) is 13.7 Å². The Hall–Kier alpha value is -0.970. The fourth-order valence-corrected chi connectivity index (χ4v) is 0.810. The lowest BCUT2D eigenvalue weighted by Gasteiger charge is -2.07. The van der Waals surface area contributed by atoms with E-state index in [9.17, 15) is 9.70 Å². The minimum atomic E-state index is -0.568. The molecule has 1 atom stereocenters. The van der Waals surface area contributed by atoms with Gasteiger partial charge in [0.25, 0.3) is 0 Å². The van der Waals surface area contributed by atoms with E-state index in [0.29, 0.717) is 12.8 Å². The Morgan fingerprint density at radius 1 is 1.58 bits per heavy atom. The maximum atomic E-state index is 10.7. The number of nitrogens with zero attached hydrogens (tertiary/aromatic N) is 1. The van der Waals surface area contributed by atoms with Crippen molar-refractivity contribution in [2.45, 2.75) is 25.3 Å². The van der Waals surface area contributed by atoms with Gasteiger partial charge in [-0.05, 0) is 19.3 Å². The van der Waals surface area contributed by atoms with Crippen LogP contribution in [0.4, 0.5) is 0 Å². The molecule has 0 radical (unpaired) electrons. The summed E-state index contributed by atoms with van der Waals surface area (Å²) in [6.07, 6.45) is 1.94. The monoisotopic (exact) mass is 174 g/mol. The molecule has 5 nitrogen and oxygen atoms in total.